The number of amidine groups is 2. The first-order valence-corrected chi connectivity index (χ1v) is 8.10. The van der Waals surface area contributed by atoms with E-state index in [1.54, 1.807) is 11.0 Å². The molecule has 1 fully saturated rings. The number of carbonyl (C=O) groups excluding carboxylic acids is 1. The summed E-state index contributed by atoms with van der Waals surface area (Å²) in [5.41, 5.74) is 0.598. The van der Waals surface area contributed by atoms with E-state index in [0.29, 0.717) is 17.4 Å². The molecule has 120 valence electrons. The largest absolute Gasteiger partial charge is 0.351 e. The normalized spacial score (nSPS) is 21.1. The molecule has 3 aliphatic heterocycles. The lowest BCUT2D eigenvalue weighted by Gasteiger charge is -2.37. The number of hydrogen-bond donors (Lipinski definition) is 0. The molecule has 1 aromatic heterocycles. The second-order valence-corrected chi connectivity index (χ2v) is 6.60. The summed E-state index contributed by atoms with van der Waals surface area (Å²) < 4.78 is 14.0. The zero-order chi connectivity index (χ0) is 16.1. The van der Waals surface area contributed by atoms with Crippen LogP contribution in [0.4, 0.5) is 15.9 Å². The van der Waals surface area contributed by atoms with Crippen LogP contribution in [0.15, 0.2) is 20.5 Å². The van der Waals surface area contributed by atoms with E-state index in [1.165, 1.54) is 0 Å². The van der Waals surface area contributed by atoms with Crippen molar-refractivity contribution in [3.05, 3.63) is 16.5 Å². The molecule has 0 atom stereocenters. The van der Waals surface area contributed by atoms with Crippen molar-refractivity contribution >= 4 is 45.0 Å². The number of rotatable bonds is 0. The molecule has 7 nitrogen and oxygen atoms in total. The summed E-state index contributed by atoms with van der Waals surface area (Å²) in [5.74, 6) is 0.581. The monoisotopic (exact) mass is 380 g/mol. The van der Waals surface area contributed by atoms with Crippen molar-refractivity contribution < 1.29 is 9.18 Å². The summed E-state index contributed by atoms with van der Waals surface area (Å²) in [4.78, 5) is 30.4. The lowest BCUT2D eigenvalue weighted by Crippen LogP contribution is -2.52. The van der Waals surface area contributed by atoms with E-state index in [2.05, 4.69) is 47.7 Å². The standard InChI is InChI=1S/C14H14BrFN6O/c1-20-2-4-21(5-3-20)13-14-17-10(23)7-22(14)9-6-8(15)11(16)18-12(9)19-13/h6H,2-5,7H2,1H3. The Morgan fingerprint density at radius 3 is 2.65 bits per heavy atom. The zero-order valence-electron chi connectivity index (χ0n) is 12.5. The van der Waals surface area contributed by atoms with Gasteiger partial charge in [0.05, 0.1) is 10.2 Å². The number of piperazine rings is 1. The van der Waals surface area contributed by atoms with E-state index in [-0.39, 0.29) is 22.7 Å². The van der Waals surface area contributed by atoms with Gasteiger partial charge in [-0.2, -0.15) is 14.4 Å². The van der Waals surface area contributed by atoms with Gasteiger partial charge in [-0.1, -0.05) is 0 Å². The summed E-state index contributed by atoms with van der Waals surface area (Å²) in [7, 11) is 2.06. The van der Waals surface area contributed by atoms with Gasteiger partial charge in [-0.25, -0.2) is 4.99 Å². The fraction of sp³-hybridized carbons (Fsp3) is 0.429. The predicted molar refractivity (Wildman–Crippen MR) is 87.8 cm³/mol. The quantitative estimate of drug-likeness (QED) is 0.628. The number of nitrogens with zero attached hydrogens (tertiary/aromatic N) is 6. The van der Waals surface area contributed by atoms with Crippen LogP contribution in [-0.2, 0) is 4.79 Å². The molecule has 0 aliphatic carbocycles. The van der Waals surface area contributed by atoms with Crippen molar-refractivity contribution in [2.24, 2.45) is 9.98 Å². The first-order valence-electron chi connectivity index (χ1n) is 7.30. The van der Waals surface area contributed by atoms with Gasteiger partial charge in [0.15, 0.2) is 17.5 Å². The molecule has 0 unspecified atom stereocenters. The van der Waals surface area contributed by atoms with Gasteiger partial charge in [-0.15, -0.1) is 0 Å². The van der Waals surface area contributed by atoms with Crippen LogP contribution in [-0.4, -0.2) is 72.1 Å². The van der Waals surface area contributed by atoms with Gasteiger partial charge in [0.25, 0.3) is 5.91 Å². The number of aromatic nitrogens is 1. The van der Waals surface area contributed by atoms with E-state index in [0.717, 1.165) is 26.2 Å². The maximum Gasteiger partial charge on any atom is 0.267 e. The SMILES string of the molecule is CN1CCN(C2=Nc3nc(F)c(Br)cc3N3CC(=O)N=C23)CC1. The van der Waals surface area contributed by atoms with Crippen molar-refractivity contribution in [3.8, 4) is 0 Å². The third kappa shape index (κ3) is 2.43. The molecule has 0 bridgehead atoms. The van der Waals surface area contributed by atoms with Gasteiger partial charge in [-0.05, 0) is 29.0 Å². The molecule has 1 amide bonds. The lowest BCUT2D eigenvalue weighted by molar-refractivity contribution is -0.115. The molecule has 0 N–H and O–H groups in total. The van der Waals surface area contributed by atoms with E-state index >= 15 is 0 Å². The van der Waals surface area contributed by atoms with Gasteiger partial charge in [0, 0.05) is 26.2 Å². The number of halogens is 2. The van der Waals surface area contributed by atoms with Gasteiger partial charge in [-0.3, -0.25) is 4.79 Å². The average molecular weight is 381 g/mol. The summed E-state index contributed by atoms with van der Waals surface area (Å²) in [6.07, 6.45) is 0. The number of hydrogen-bond acceptors (Lipinski definition) is 6. The third-order valence-electron chi connectivity index (χ3n) is 4.18. The van der Waals surface area contributed by atoms with Gasteiger partial charge in [0.2, 0.25) is 5.95 Å². The Hall–Kier alpha value is -1.87. The molecule has 4 rings (SSSR count). The summed E-state index contributed by atoms with van der Waals surface area (Å²) in [5, 5.41) is 0. The Morgan fingerprint density at radius 2 is 1.91 bits per heavy atom. The molecule has 0 radical (unpaired) electrons. The highest BCUT2D eigenvalue weighted by atomic mass is 79.9. The molecular weight excluding hydrogens is 367 g/mol. The van der Waals surface area contributed by atoms with Gasteiger partial charge < -0.3 is 14.7 Å². The molecule has 3 aliphatic rings. The molecule has 0 spiro atoms. The molecule has 23 heavy (non-hydrogen) atoms. The molecule has 1 saturated heterocycles. The zero-order valence-corrected chi connectivity index (χ0v) is 14.0. The van der Waals surface area contributed by atoms with Crippen molar-refractivity contribution in [3.63, 3.8) is 0 Å². The van der Waals surface area contributed by atoms with Crippen LogP contribution >= 0.6 is 15.9 Å². The number of fused-ring (bicyclic) bond motifs is 3. The van der Waals surface area contributed by atoms with Crippen LogP contribution in [0.1, 0.15) is 0 Å². The average Bonchev–Trinajstić information content (AvgIpc) is 2.91. The maximum atomic E-state index is 13.8. The molecule has 9 heteroatoms. The number of pyridine rings is 1. The van der Waals surface area contributed by atoms with E-state index in [4.69, 9.17) is 0 Å². The van der Waals surface area contributed by atoms with Crippen LogP contribution < -0.4 is 4.90 Å². The highest BCUT2D eigenvalue weighted by Gasteiger charge is 2.37. The minimum Gasteiger partial charge on any atom is -0.351 e. The summed E-state index contributed by atoms with van der Waals surface area (Å²) >= 11 is 3.13. The number of likely N-dealkylation sites (N-methyl/N-ethyl adjacent to an activating group) is 1. The maximum absolute atomic E-state index is 13.8. The van der Waals surface area contributed by atoms with E-state index in [9.17, 15) is 9.18 Å². The molecule has 0 aromatic carbocycles. The van der Waals surface area contributed by atoms with E-state index < -0.39 is 5.95 Å². The van der Waals surface area contributed by atoms with Crippen LogP contribution in [0.5, 0.6) is 0 Å². The first-order chi connectivity index (χ1) is 11.0. The number of carbonyl (C=O) groups is 1. The Balaban J connectivity index is 1.80. The topological polar surface area (TPSA) is 64.4 Å². The number of aliphatic imine (C=N–C) groups is 2. The van der Waals surface area contributed by atoms with Crippen molar-refractivity contribution in [2.45, 2.75) is 0 Å². The van der Waals surface area contributed by atoms with Crippen molar-refractivity contribution in [2.75, 3.05) is 44.7 Å². The fourth-order valence-corrected chi connectivity index (χ4v) is 3.21. The van der Waals surface area contributed by atoms with Crippen LogP contribution in [0.25, 0.3) is 0 Å². The molecule has 4 heterocycles. The van der Waals surface area contributed by atoms with Crippen LogP contribution in [0.3, 0.4) is 0 Å². The van der Waals surface area contributed by atoms with Crippen LogP contribution in [0, 0.1) is 5.95 Å². The Kier molecular flexibility index (Phi) is 3.42. The smallest absolute Gasteiger partial charge is 0.267 e. The molecule has 0 saturated carbocycles. The Bertz CT molecular complexity index is 756. The van der Waals surface area contributed by atoms with Crippen LogP contribution in [0.2, 0.25) is 0 Å². The fourth-order valence-electron chi connectivity index (χ4n) is 2.90. The first kappa shape index (κ1) is 14.7. The second-order valence-electron chi connectivity index (χ2n) is 5.74. The minimum absolute atomic E-state index is 0.134. The third-order valence-corrected chi connectivity index (χ3v) is 4.73. The van der Waals surface area contributed by atoms with Gasteiger partial charge in [0.1, 0.15) is 6.54 Å². The number of amides is 1. The predicted octanol–water partition coefficient (Wildman–Crippen LogP) is 1.02. The second kappa shape index (κ2) is 5.34. The van der Waals surface area contributed by atoms with Crippen molar-refractivity contribution in [1.82, 2.24) is 14.8 Å². The Morgan fingerprint density at radius 1 is 1.17 bits per heavy atom. The highest BCUT2D eigenvalue weighted by molar-refractivity contribution is 9.10. The van der Waals surface area contributed by atoms with Crippen molar-refractivity contribution in [1.29, 1.82) is 0 Å². The lowest BCUT2D eigenvalue weighted by atomic mass is 10.2. The minimum atomic E-state index is -0.615. The number of anilines is 1. The molecular formula is C14H14BrFN6O. The molecule has 1 aromatic rings. The Labute approximate surface area is 140 Å². The summed E-state index contributed by atoms with van der Waals surface area (Å²) in [6, 6.07) is 1.59. The van der Waals surface area contributed by atoms with Gasteiger partial charge >= 0.3 is 0 Å². The highest BCUT2D eigenvalue weighted by Crippen LogP contribution is 2.36. The van der Waals surface area contributed by atoms with E-state index in [1.807, 2.05) is 0 Å². The summed E-state index contributed by atoms with van der Waals surface area (Å²) in [6.45, 7) is 3.49.